The molecular formula is C83H108N10O10S2. The first-order valence-electron chi connectivity index (χ1n) is 37.3. The van der Waals surface area contributed by atoms with Crippen LogP contribution < -0.4 is 29.5 Å². The minimum Gasteiger partial charge on any atom is -0.493 e. The third kappa shape index (κ3) is 21.1. The van der Waals surface area contributed by atoms with Crippen LogP contribution in [-0.2, 0) is 97.9 Å². The zero-order chi connectivity index (χ0) is 75.1. The quantitative estimate of drug-likeness (QED) is 0.0700. The van der Waals surface area contributed by atoms with Gasteiger partial charge in [0.25, 0.3) is 0 Å². The van der Waals surface area contributed by atoms with Crippen molar-refractivity contribution >= 4 is 52.8 Å². The summed E-state index contributed by atoms with van der Waals surface area (Å²) in [6, 6.07) is 31.7. The number of benzene rings is 3. The molecule has 0 spiro atoms. The molecule has 6 aliphatic rings. The van der Waals surface area contributed by atoms with E-state index in [1.807, 2.05) is 63.2 Å². The van der Waals surface area contributed by atoms with Crippen molar-refractivity contribution in [2.75, 3.05) is 98.2 Å². The van der Waals surface area contributed by atoms with Gasteiger partial charge in [-0.25, -0.2) is 19.7 Å². The molecule has 22 heteroatoms. The first-order valence-corrected chi connectivity index (χ1v) is 39.3. The molecule has 0 radical (unpaired) electrons. The van der Waals surface area contributed by atoms with Crippen LogP contribution in [0.2, 0.25) is 0 Å². The zero-order valence-electron chi connectivity index (χ0n) is 64.3. The van der Waals surface area contributed by atoms with E-state index < -0.39 is 11.7 Å². The summed E-state index contributed by atoms with van der Waals surface area (Å²) in [6.45, 7) is 34.4. The highest BCUT2D eigenvalue weighted by Gasteiger charge is 2.37. The van der Waals surface area contributed by atoms with Gasteiger partial charge >= 0.3 is 6.09 Å². The molecule has 9 heterocycles. The number of carbonyl (C=O) groups is 1. The predicted octanol–water partition coefficient (Wildman–Crippen LogP) is 15.2. The summed E-state index contributed by atoms with van der Waals surface area (Å²) < 4.78 is 52.2. The van der Waals surface area contributed by atoms with Crippen LogP contribution in [0, 0.1) is 45.8 Å². The molecule has 3 saturated heterocycles. The number of aromatic nitrogens is 3. The Morgan fingerprint density at radius 3 is 1.59 bits per heavy atom. The maximum Gasteiger partial charge on any atom is 0.412 e. The van der Waals surface area contributed by atoms with Crippen LogP contribution in [0.15, 0.2) is 82.8 Å². The summed E-state index contributed by atoms with van der Waals surface area (Å²) in [4.78, 5) is 34.2. The average Bonchev–Trinajstić information content (AvgIpc) is 0.764. The molecule has 3 aromatic heterocycles. The van der Waals surface area contributed by atoms with E-state index in [0.29, 0.717) is 61.7 Å². The molecule has 6 aliphatic heterocycles. The summed E-state index contributed by atoms with van der Waals surface area (Å²) in [5, 5.41) is 34.8. The molecule has 3 aromatic carbocycles. The first kappa shape index (κ1) is 79.9. The lowest BCUT2D eigenvalue weighted by Crippen LogP contribution is -2.47. The predicted molar refractivity (Wildman–Crippen MR) is 414 cm³/mol. The van der Waals surface area contributed by atoms with E-state index in [-0.39, 0.29) is 42.2 Å². The van der Waals surface area contributed by atoms with Crippen molar-refractivity contribution in [3.8, 4) is 29.7 Å². The number of nitrogens with one attached hydrogen (secondary N) is 1. The van der Waals surface area contributed by atoms with E-state index in [2.05, 4.69) is 138 Å². The van der Waals surface area contributed by atoms with Crippen molar-refractivity contribution in [3.63, 3.8) is 0 Å². The fraction of sp³-hybridized carbons (Fsp3) is 0.554. The number of hydrogen-bond donors (Lipinski definition) is 1. The maximum atomic E-state index is 12.1. The van der Waals surface area contributed by atoms with Crippen molar-refractivity contribution in [3.05, 3.63) is 145 Å². The normalized spacial score (nSPS) is 20.5. The SMILES string of the molecule is CC1CN(c2nc(CCCc3ccccc3)c(C#N)c3c2COC(C)(C)C3)CC(C)O1.CC1CN(c2nc(SCCc3ccc(NC(=O)OC(C)(C)C)cc3)c(C#N)c3c2COC(C(C)C)C3)CC(C)O1.COc1ccc(CCSc2nc(N3CCOCC3)c3c(c2C#N)CC(C(C)C)OC3)cc1OC. The number of hydrogen-bond acceptors (Lipinski definition) is 21. The van der Waals surface area contributed by atoms with Gasteiger partial charge < -0.3 is 57.3 Å². The first-order chi connectivity index (χ1) is 50.3. The van der Waals surface area contributed by atoms with Crippen LogP contribution in [0.5, 0.6) is 11.5 Å². The molecule has 1 N–H and O–H groups in total. The third-order valence-electron chi connectivity index (χ3n) is 19.7. The topological polar surface area (TPSA) is 232 Å². The number of ether oxygens (including phenoxy) is 9. The standard InChI is InChI=1S/C31H42N4O4S.C26H33N3O4S.C26H33N3O2/c1-19(2)27-14-24-25(15-32)29(34-28(26(24)18-37-27)35-16-20(3)38-21(4)17-35)40-13-12-22-8-10-23(11-9-22)33-30(36)39-31(5,6)7;1-17(2)23-14-19-20(15-27)26(28-25(21(19)16-33-23)29-8-10-32-11-9-29)34-12-7-18-5-6-22(30-3)24(13-18)31-4;1-18-15-29(16-19(2)31-18)25-23-17-30-26(3,4)13-21(23)22(14-27)24(28-25)12-8-11-20-9-6-5-7-10-20/h8-11,19-21,27H,12-14,16-18H2,1-7H3,(H,33,36);5-6,13,17,23H,7-12,14,16H2,1-4H3;5-7,9-10,18-19H,8,11-13,15-17H2,1-4H3. The van der Waals surface area contributed by atoms with E-state index in [1.54, 1.807) is 37.7 Å². The van der Waals surface area contributed by atoms with Crippen LogP contribution >= 0.6 is 23.5 Å². The third-order valence-corrected chi connectivity index (χ3v) is 21.6. The van der Waals surface area contributed by atoms with E-state index >= 15 is 0 Å². The Hall–Kier alpha value is -7.69. The second-order valence-corrected chi connectivity index (χ2v) is 32.7. The molecule has 12 rings (SSSR count). The number of fused-ring (bicyclic) bond motifs is 3. The summed E-state index contributed by atoms with van der Waals surface area (Å²) in [6.07, 6.45) is 6.85. The molecule has 1 amide bonds. The molecule has 3 fully saturated rings. The summed E-state index contributed by atoms with van der Waals surface area (Å²) >= 11 is 3.27. The van der Waals surface area contributed by atoms with Gasteiger partial charge in [-0.05, 0) is 164 Å². The Bertz CT molecular complexity index is 4050. The van der Waals surface area contributed by atoms with E-state index in [9.17, 15) is 20.6 Å². The van der Waals surface area contributed by atoms with Crippen molar-refractivity contribution in [1.82, 2.24) is 15.0 Å². The summed E-state index contributed by atoms with van der Waals surface area (Å²) in [5.74, 6) is 6.65. The lowest BCUT2D eigenvalue weighted by Gasteiger charge is -2.40. The Morgan fingerprint density at radius 2 is 1.09 bits per heavy atom. The Kier molecular flexibility index (Phi) is 27.9. The number of morpholine rings is 3. The van der Waals surface area contributed by atoms with Crippen LogP contribution in [0.3, 0.4) is 0 Å². The highest BCUT2D eigenvalue weighted by molar-refractivity contribution is 7.99. The molecule has 0 aliphatic carbocycles. The van der Waals surface area contributed by atoms with Gasteiger partial charge in [0.15, 0.2) is 11.5 Å². The number of amides is 1. The molecule has 6 atom stereocenters. The second-order valence-electron chi connectivity index (χ2n) is 30.5. The molecule has 105 heavy (non-hydrogen) atoms. The number of rotatable bonds is 20. The fourth-order valence-electron chi connectivity index (χ4n) is 14.4. The smallest absolute Gasteiger partial charge is 0.412 e. The average molecular weight is 1470 g/mol. The number of nitriles is 3. The van der Waals surface area contributed by atoms with E-state index in [0.717, 1.165) is 197 Å². The highest BCUT2D eigenvalue weighted by atomic mass is 32.2. The number of aryl methyl sites for hydroxylation is 4. The van der Waals surface area contributed by atoms with Gasteiger partial charge in [-0.3, -0.25) is 5.32 Å². The molecule has 562 valence electrons. The monoisotopic (exact) mass is 1470 g/mol. The van der Waals surface area contributed by atoms with Crippen LogP contribution in [-0.4, -0.2) is 147 Å². The molecule has 0 bridgehead atoms. The molecular weight excluding hydrogens is 1360 g/mol. The Balaban J connectivity index is 0.000000170. The minimum atomic E-state index is -0.547. The van der Waals surface area contributed by atoms with Crippen molar-refractivity contribution in [2.45, 2.75) is 219 Å². The van der Waals surface area contributed by atoms with Gasteiger partial charge in [0.2, 0.25) is 0 Å². The lowest BCUT2D eigenvalue weighted by atomic mass is 9.87. The maximum absolute atomic E-state index is 12.1. The number of pyridine rings is 3. The second kappa shape index (κ2) is 36.7. The van der Waals surface area contributed by atoms with Crippen LogP contribution in [0.4, 0.5) is 27.9 Å². The van der Waals surface area contributed by atoms with Gasteiger partial charge in [-0.2, -0.15) is 15.8 Å². The minimum absolute atomic E-state index is 0.0861. The number of nitrogens with zero attached hydrogens (tertiary/aromatic N) is 9. The molecule has 6 unspecified atom stereocenters. The number of methoxy groups -OCH3 is 2. The van der Waals surface area contributed by atoms with Crippen LogP contribution in [0.25, 0.3) is 0 Å². The zero-order valence-corrected chi connectivity index (χ0v) is 66.0. The summed E-state index contributed by atoms with van der Waals surface area (Å²) in [5.41, 5.74) is 13.1. The van der Waals surface area contributed by atoms with Crippen molar-refractivity contribution < 1.29 is 47.4 Å². The number of thioether (sulfide) groups is 2. The van der Waals surface area contributed by atoms with E-state index in [4.69, 9.17) is 57.6 Å². The summed E-state index contributed by atoms with van der Waals surface area (Å²) in [7, 11) is 3.29. The Morgan fingerprint density at radius 1 is 0.600 bits per heavy atom. The number of carbonyl (C=O) groups excluding carboxylic acids is 1. The molecule has 6 aromatic rings. The lowest BCUT2D eigenvalue weighted by molar-refractivity contribution is -0.0406. The van der Waals surface area contributed by atoms with Gasteiger partial charge in [-0.15, -0.1) is 23.5 Å². The van der Waals surface area contributed by atoms with E-state index in [1.165, 1.54) is 5.56 Å². The fourth-order valence-corrected chi connectivity index (χ4v) is 16.4. The largest absolute Gasteiger partial charge is 0.493 e. The Labute approximate surface area is 631 Å². The van der Waals surface area contributed by atoms with Crippen molar-refractivity contribution in [2.24, 2.45) is 11.8 Å². The molecule has 20 nitrogen and oxygen atoms in total. The van der Waals surface area contributed by atoms with Crippen LogP contribution in [0.1, 0.15) is 169 Å². The van der Waals surface area contributed by atoms with Gasteiger partial charge in [0, 0.05) is 92.4 Å². The highest BCUT2D eigenvalue weighted by Crippen LogP contribution is 2.42. The molecule has 0 saturated carbocycles. The van der Waals surface area contributed by atoms with Gasteiger partial charge in [0.1, 0.15) is 51.3 Å². The van der Waals surface area contributed by atoms with Crippen molar-refractivity contribution in [1.29, 1.82) is 15.8 Å². The number of anilines is 4. The van der Waals surface area contributed by atoms with Gasteiger partial charge in [-0.1, -0.05) is 76.2 Å². The van der Waals surface area contributed by atoms with Gasteiger partial charge in [0.05, 0.1) is 112 Å².